The van der Waals surface area contributed by atoms with E-state index in [0.29, 0.717) is 11.5 Å². The highest BCUT2D eigenvalue weighted by Gasteiger charge is 2.34. The summed E-state index contributed by atoms with van der Waals surface area (Å²) in [7, 11) is 0. The molecule has 0 radical (unpaired) electrons. The fraction of sp³-hybridized carbons (Fsp3) is 0.676. The average molecular weight is 537 g/mol. The van der Waals surface area contributed by atoms with E-state index < -0.39 is 0 Å². The van der Waals surface area contributed by atoms with E-state index in [9.17, 15) is 10.2 Å². The molecule has 0 amide bonds. The van der Waals surface area contributed by atoms with Gasteiger partial charge in [0, 0.05) is 11.1 Å². The normalized spacial score (nSPS) is 14.2. The van der Waals surface area contributed by atoms with E-state index in [1.165, 1.54) is 11.1 Å². The zero-order chi connectivity index (χ0) is 30.6. The Bertz CT molecular complexity index is 1070. The van der Waals surface area contributed by atoms with Gasteiger partial charge in [-0.3, -0.25) is 0 Å². The Labute approximate surface area is 241 Å². The highest BCUT2D eigenvalue weighted by Crippen LogP contribution is 2.47. The van der Waals surface area contributed by atoms with Gasteiger partial charge >= 0.3 is 0 Å². The third kappa shape index (κ3) is 8.51. The van der Waals surface area contributed by atoms with Crippen molar-refractivity contribution in [3.8, 4) is 11.5 Å². The number of hydrogen-bond acceptors (Lipinski definition) is 2. The molecule has 0 aliphatic carbocycles. The largest absolute Gasteiger partial charge is 0.507 e. The fourth-order valence-electron chi connectivity index (χ4n) is 6.85. The Hall–Kier alpha value is -1.96. The van der Waals surface area contributed by atoms with Crippen LogP contribution in [0.4, 0.5) is 0 Å². The van der Waals surface area contributed by atoms with E-state index in [1.807, 2.05) is 0 Å². The zero-order valence-corrected chi connectivity index (χ0v) is 28.3. The zero-order valence-electron chi connectivity index (χ0n) is 28.3. The lowest BCUT2D eigenvalue weighted by atomic mass is 9.69. The fourth-order valence-corrected chi connectivity index (χ4v) is 6.85. The molecule has 39 heavy (non-hydrogen) atoms. The highest BCUT2D eigenvalue weighted by molar-refractivity contribution is 5.54. The van der Waals surface area contributed by atoms with Gasteiger partial charge in [-0.2, -0.15) is 0 Å². The predicted molar refractivity (Wildman–Crippen MR) is 171 cm³/mol. The molecule has 0 bridgehead atoms. The molecular formula is C37H60O2. The van der Waals surface area contributed by atoms with E-state index in [1.54, 1.807) is 0 Å². The molecule has 2 rings (SSSR count). The van der Waals surface area contributed by atoms with E-state index in [2.05, 4.69) is 135 Å². The van der Waals surface area contributed by atoms with Gasteiger partial charge in [-0.25, -0.2) is 0 Å². The number of phenols is 2. The number of phenolic OH excluding ortho intramolecular Hbond substituents is 2. The molecule has 0 heterocycles. The van der Waals surface area contributed by atoms with Crippen LogP contribution in [-0.2, 0) is 28.1 Å². The summed E-state index contributed by atoms with van der Waals surface area (Å²) in [5, 5.41) is 23.1. The molecule has 220 valence electrons. The monoisotopic (exact) mass is 536 g/mol. The maximum absolute atomic E-state index is 11.6. The smallest absolute Gasteiger partial charge is 0.123 e. The van der Waals surface area contributed by atoms with Crippen LogP contribution in [0.15, 0.2) is 24.3 Å². The van der Waals surface area contributed by atoms with Gasteiger partial charge < -0.3 is 10.2 Å². The van der Waals surface area contributed by atoms with E-state index in [4.69, 9.17) is 0 Å². The maximum atomic E-state index is 11.6. The van der Waals surface area contributed by atoms with Crippen LogP contribution in [0, 0.1) is 10.8 Å². The quantitative estimate of drug-likeness (QED) is 0.385. The molecule has 0 saturated carbocycles. The van der Waals surface area contributed by atoms with Crippen LogP contribution in [0.5, 0.6) is 11.5 Å². The molecular weight excluding hydrogens is 476 g/mol. The minimum atomic E-state index is -0.182. The van der Waals surface area contributed by atoms with Crippen molar-refractivity contribution in [3.05, 3.63) is 57.6 Å². The Kier molecular flexibility index (Phi) is 8.92. The van der Waals surface area contributed by atoms with Gasteiger partial charge in [0.15, 0.2) is 0 Å². The van der Waals surface area contributed by atoms with E-state index in [0.717, 1.165) is 41.5 Å². The van der Waals surface area contributed by atoms with Gasteiger partial charge in [0.2, 0.25) is 0 Å². The first kappa shape index (κ1) is 33.2. The molecule has 0 aromatic heterocycles. The molecule has 2 N–H and O–H groups in total. The van der Waals surface area contributed by atoms with Crippen molar-refractivity contribution in [1.29, 1.82) is 0 Å². The van der Waals surface area contributed by atoms with Crippen molar-refractivity contribution in [2.24, 2.45) is 10.8 Å². The van der Waals surface area contributed by atoms with Crippen molar-refractivity contribution in [1.82, 2.24) is 0 Å². The molecule has 2 nitrogen and oxygen atoms in total. The molecule has 0 spiro atoms. The topological polar surface area (TPSA) is 40.5 Å². The molecule has 0 atom stereocenters. The molecule has 0 saturated heterocycles. The first-order valence-electron chi connectivity index (χ1n) is 14.9. The Balaban J connectivity index is 2.80. The van der Waals surface area contributed by atoms with Crippen LogP contribution in [0.1, 0.15) is 157 Å². The van der Waals surface area contributed by atoms with Crippen LogP contribution in [-0.4, -0.2) is 10.2 Å². The van der Waals surface area contributed by atoms with Gasteiger partial charge in [0.05, 0.1) is 0 Å². The summed E-state index contributed by atoms with van der Waals surface area (Å²) in [6, 6.07) is 8.88. The summed E-state index contributed by atoms with van der Waals surface area (Å²) in [6.07, 6.45) is 2.70. The van der Waals surface area contributed by atoms with Crippen molar-refractivity contribution in [2.75, 3.05) is 0 Å². The minimum Gasteiger partial charge on any atom is -0.507 e. The summed E-state index contributed by atoms with van der Waals surface area (Å²) in [5.41, 5.74) is 6.04. The molecule has 0 aliphatic heterocycles. The molecule has 0 aliphatic rings. The number of rotatable bonds is 6. The lowest BCUT2D eigenvalue weighted by Gasteiger charge is -2.36. The Morgan fingerprint density at radius 3 is 0.923 bits per heavy atom. The Morgan fingerprint density at radius 1 is 0.436 bits per heavy atom. The Morgan fingerprint density at radius 2 is 0.692 bits per heavy atom. The molecule has 0 fully saturated rings. The number of aromatic hydroxyl groups is 2. The number of benzene rings is 2. The van der Waals surface area contributed by atoms with Crippen molar-refractivity contribution in [3.63, 3.8) is 0 Å². The van der Waals surface area contributed by atoms with Crippen molar-refractivity contribution >= 4 is 0 Å². The third-order valence-electron chi connectivity index (χ3n) is 7.77. The van der Waals surface area contributed by atoms with Gasteiger partial charge in [-0.15, -0.1) is 0 Å². The van der Waals surface area contributed by atoms with Gasteiger partial charge in [0.25, 0.3) is 0 Å². The average Bonchev–Trinajstić information content (AvgIpc) is 2.64. The van der Waals surface area contributed by atoms with Gasteiger partial charge in [-0.1, -0.05) is 135 Å². The van der Waals surface area contributed by atoms with Crippen LogP contribution in [0.2, 0.25) is 0 Å². The second kappa shape index (κ2) is 10.5. The lowest BCUT2D eigenvalue weighted by molar-refractivity contribution is 0.277. The van der Waals surface area contributed by atoms with E-state index in [-0.39, 0.29) is 32.5 Å². The summed E-state index contributed by atoms with van der Waals surface area (Å²) in [4.78, 5) is 0. The highest BCUT2D eigenvalue weighted by atomic mass is 16.3. The summed E-state index contributed by atoms with van der Waals surface area (Å²) in [6.45, 7) is 35.7. The van der Waals surface area contributed by atoms with Gasteiger partial charge in [0.1, 0.15) is 11.5 Å². The second-order valence-corrected chi connectivity index (χ2v) is 18.0. The SMILES string of the molecule is CC(C)(C)CC(C)(C)c1cc(Cc2cc(C(C)(C)C)c(O)c(C(C)(C)CC(C)(C)C)c2)cc(C(C)(C)C)c1O. The summed E-state index contributed by atoms with van der Waals surface area (Å²) in [5.74, 6) is 0.877. The summed E-state index contributed by atoms with van der Waals surface area (Å²) >= 11 is 0. The van der Waals surface area contributed by atoms with Crippen LogP contribution in [0.3, 0.4) is 0 Å². The minimum absolute atomic E-state index is 0.139. The van der Waals surface area contributed by atoms with Crippen LogP contribution >= 0.6 is 0 Å². The third-order valence-corrected chi connectivity index (χ3v) is 7.77. The van der Waals surface area contributed by atoms with Crippen molar-refractivity contribution in [2.45, 2.75) is 152 Å². The van der Waals surface area contributed by atoms with E-state index >= 15 is 0 Å². The maximum Gasteiger partial charge on any atom is 0.123 e. The van der Waals surface area contributed by atoms with Crippen LogP contribution < -0.4 is 0 Å². The number of hydrogen-bond donors (Lipinski definition) is 2. The lowest BCUT2D eigenvalue weighted by Crippen LogP contribution is -2.26. The van der Waals surface area contributed by atoms with Crippen LogP contribution in [0.25, 0.3) is 0 Å². The molecule has 0 unspecified atom stereocenters. The molecule has 2 aromatic rings. The first-order valence-corrected chi connectivity index (χ1v) is 14.9. The standard InChI is InChI=1S/C37H60O2/c1-32(2,3)22-36(13,14)28-20-24(18-26(30(28)38)34(7,8)9)17-25-19-27(35(10,11)12)31(39)29(21-25)37(15,16)23-33(4,5)6/h18-21,38-39H,17,22-23H2,1-16H3. The molecule has 2 aromatic carbocycles. The first-order chi connectivity index (χ1) is 17.1. The molecule has 2 heteroatoms. The predicted octanol–water partition coefficient (Wildman–Crippen LogP) is 10.7. The van der Waals surface area contributed by atoms with Crippen molar-refractivity contribution < 1.29 is 10.2 Å². The summed E-state index contributed by atoms with van der Waals surface area (Å²) < 4.78 is 0. The second-order valence-electron chi connectivity index (χ2n) is 18.0. The van der Waals surface area contributed by atoms with Gasteiger partial charge in [-0.05, 0) is 74.0 Å².